The molecular formula is C17H19FN2O3S. The van der Waals surface area contributed by atoms with E-state index >= 15 is 0 Å². The van der Waals surface area contributed by atoms with E-state index in [-0.39, 0.29) is 4.90 Å². The van der Waals surface area contributed by atoms with Crippen LogP contribution in [-0.2, 0) is 14.8 Å². The molecule has 0 saturated carbocycles. The molecule has 1 atom stereocenters. The maximum absolute atomic E-state index is 12.9. The number of rotatable bonds is 5. The lowest BCUT2D eigenvalue weighted by Gasteiger charge is -2.16. The molecule has 0 saturated heterocycles. The molecule has 2 rings (SSSR count). The highest BCUT2D eigenvalue weighted by Gasteiger charge is 2.22. The average molecular weight is 350 g/mol. The van der Waals surface area contributed by atoms with Crippen molar-refractivity contribution in [2.24, 2.45) is 0 Å². The Morgan fingerprint density at radius 3 is 2.33 bits per heavy atom. The van der Waals surface area contributed by atoms with Crippen LogP contribution in [0.2, 0.25) is 0 Å². The molecule has 0 bridgehead atoms. The van der Waals surface area contributed by atoms with Gasteiger partial charge in [-0.1, -0.05) is 12.1 Å². The standard InChI is InChI=1S/C17H19FN2O3S/c1-11-5-4-6-16(12(11)2)19-17(21)13(3)20-24(22,23)15-9-7-14(18)8-10-15/h4-10,13,20H,1-3H3,(H,19,21)/t13-/m0/s1. The van der Waals surface area contributed by atoms with Gasteiger partial charge in [0.15, 0.2) is 0 Å². The molecule has 128 valence electrons. The summed E-state index contributed by atoms with van der Waals surface area (Å²) in [6, 6.07) is 8.89. The molecule has 0 unspecified atom stereocenters. The molecule has 24 heavy (non-hydrogen) atoms. The van der Waals surface area contributed by atoms with Crippen LogP contribution in [0.1, 0.15) is 18.1 Å². The summed E-state index contributed by atoms with van der Waals surface area (Å²) in [6.45, 7) is 5.24. The Morgan fingerprint density at radius 1 is 1.08 bits per heavy atom. The summed E-state index contributed by atoms with van der Waals surface area (Å²) in [4.78, 5) is 12.1. The van der Waals surface area contributed by atoms with Crippen molar-refractivity contribution in [3.05, 3.63) is 59.4 Å². The Labute approximate surface area is 141 Å². The first-order chi connectivity index (χ1) is 11.2. The van der Waals surface area contributed by atoms with Crippen molar-refractivity contribution >= 4 is 21.6 Å². The minimum atomic E-state index is -3.91. The third-order valence-corrected chi connectivity index (χ3v) is 5.27. The van der Waals surface area contributed by atoms with Crippen molar-refractivity contribution in [1.82, 2.24) is 4.72 Å². The number of aryl methyl sites for hydroxylation is 1. The topological polar surface area (TPSA) is 75.3 Å². The van der Waals surface area contributed by atoms with Crippen LogP contribution >= 0.6 is 0 Å². The number of sulfonamides is 1. The summed E-state index contributed by atoms with van der Waals surface area (Å²) in [5.74, 6) is -1.01. The van der Waals surface area contributed by atoms with Gasteiger partial charge >= 0.3 is 0 Å². The van der Waals surface area contributed by atoms with E-state index in [0.717, 1.165) is 35.4 Å². The highest BCUT2D eigenvalue weighted by Crippen LogP contribution is 2.18. The van der Waals surface area contributed by atoms with Crippen LogP contribution in [0.3, 0.4) is 0 Å². The van der Waals surface area contributed by atoms with E-state index in [1.807, 2.05) is 26.0 Å². The van der Waals surface area contributed by atoms with Gasteiger partial charge in [0.05, 0.1) is 10.9 Å². The molecule has 1 amide bonds. The van der Waals surface area contributed by atoms with E-state index in [9.17, 15) is 17.6 Å². The molecule has 2 aromatic rings. The molecule has 0 heterocycles. The Bertz CT molecular complexity index is 849. The maximum Gasteiger partial charge on any atom is 0.242 e. The predicted octanol–water partition coefficient (Wildman–Crippen LogP) is 2.75. The van der Waals surface area contributed by atoms with Gasteiger partial charge in [-0.2, -0.15) is 4.72 Å². The number of carbonyl (C=O) groups excluding carboxylic acids is 1. The summed E-state index contributed by atoms with van der Waals surface area (Å²) in [6.07, 6.45) is 0. The number of nitrogens with one attached hydrogen (secondary N) is 2. The number of benzene rings is 2. The Kier molecular flexibility index (Phi) is 5.36. The summed E-state index contributed by atoms with van der Waals surface area (Å²) in [5, 5.41) is 2.71. The highest BCUT2D eigenvalue weighted by atomic mass is 32.2. The Balaban J connectivity index is 2.11. The number of halogens is 1. The fraction of sp³-hybridized carbons (Fsp3) is 0.235. The van der Waals surface area contributed by atoms with Crippen LogP contribution < -0.4 is 10.0 Å². The van der Waals surface area contributed by atoms with E-state index in [1.165, 1.54) is 6.92 Å². The number of hydrogen-bond donors (Lipinski definition) is 2. The van der Waals surface area contributed by atoms with Crippen molar-refractivity contribution < 1.29 is 17.6 Å². The SMILES string of the molecule is Cc1cccc(NC(=O)[C@H](C)NS(=O)(=O)c2ccc(F)cc2)c1C. The molecule has 0 aliphatic heterocycles. The minimum absolute atomic E-state index is 0.102. The van der Waals surface area contributed by atoms with Crippen LogP contribution in [-0.4, -0.2) is 20.4 Å². The molecule has 0 aliphatic carbocycles. The fourth-order valence-corrected chi connectivity index (χ4v) is 3.30. The second-order valence-corrected chi connectivity index (χ2v) is 7.25. The molecule has 7 heteroatoms. The molecule has 0 spiro atoms. The maximum atomic E-state index is 12.9. The second-order valence-electron chi connectivity index (χ2n) is 5.53. The van der Waals surface area contributed by atoms with Gasteiger partial charge < -0.3 is 5.32 Å². The summed E-state index contributed by atoms with van der Waals surface area (Å²) < 4.78 is 39.6. The third-order valence-electron chi connectivity index (χ3n) is 3.71. The lowest BCUT2D eigenvalue weighted by molar-refractivity contribution is -0.117. The lowest BCUT2D eigenvalue weighted by Crippen LogP contribution is -2.41. The molecule has 0 aliphatic rings. The summed E-state index contributed by atoms with van der Waals surface area (Å²) in [5.41, 5.74) is 2.57. The summed E-state index contributed by atoms with van der Waals surface area (Å²) in [7, 11) is -3.91. The van der Waals surface area contributed by atoms with Crippen LogP contribution in [0.25, 0.3) is 0 Å². The van der Waals surface area contributed by atoms with Gasteiger partial charge in [-0.05, 0) is 62.2 Å². The van der Waals surface area contributed by atoms with Gasteiger partial charge in [0.25, 0.3) is 0 Å². The van der Waals surface area contributed by atoms with E-state index in [2.05, 4.69) is 10.0 Å². The molecule has 2 N–H and O–H groups in total. The molecule has 5 nitrogen and oxygen atoms in total. The number of anilines is 1. The van der Waals surface area contributed by atoms with E-state index < -0.39 is 27.8 Å². The van der Waals surface area contributed by atoms with Crippen molar-refractivity contribution in [2.45, 2.75) is 31.7 Å². The molecular weight excluding hydrogens is 331 g/mol. The second kappa shape index (κ2) is 7.11. The van der Waals surface area contributed by atoms with Crippen LogP contribution in [0.5, 0.6) is 0 Å². The average Bonchev–Trinajstić information content (AvgIpc) is 2.51. The normalized spacial score (nSPS) is 12.7. The van der Waals surface area contributed by atoms with Gasteiger partial charge in [0.1, 0.15) is 5.82 Å². The Hall–Kier alpha value is -2.25. The number of hydrogen-bond acceptors (Lipinski definition) is 3. The molecule has 0 aromatic heterocycles. The van der Waals surface area contributed by atoms with Crippen molar-refractivity contribution in [1.29, 1.82) is 0 Å². The van der Waals surface area contributed by atoms with Gasteiger partial charge in [-0.3, -0.25) is 4.79 Å². The predicted molar refractivity (Wildman–Crippen MR) is 90.7 cm³/mol. The smallest absolute Gasteiger partial charge is 0.242 e. The van der Waals surface area contributed by atoms with E-state index in [4.69, 9.17) is 0 Å². The molecule has 2 aromatic carbocycles. The third kappa shape index (κ3) is 4.18. The van der Waals surface area contributed by atoms with E-state index in [0.29, 0.717) is 5.69 Å². The van der Waals surface area contributed by atoms with Crippen molar-refractivity contribution in [2.75, 3.05) is 5.32 Å². The molecule has 0 radical (unpaired) electrons. The van der Waals surface area contributed by atoms with Gasteiger partial charge in [-0.25, -0.2) is 12.8 Å². The zero-order valence-corrected chi connectivity index (χ0v) is 14.4. The van der Waals surface area contributed by atoms with Gasteiger partial charge in [-0.15, -0.1) is 0 Å². The van der Waals surface area contributed by atoms with Crippen molar-refractivity contribution in [3.8, 4) is 0 Å². The monoisotopic (exact) mass is 350 g/mol. The van der Waals surface area contributed by atoms with Gasteiger partial charge in [0.2, 0.25) is 15.9 Å². The Morgan fingerprint density at radius 2 is 1.71 bits per heavy atom. The fourth-order valence-electron chi connectivity index (χ4n) is 2.10. The zero-order valence-electron chi connectivity index (χ0n) is 13.6. The molecule has 0 fully saturated rings. The minimum Gasteiger partial charge on any atom is -0.324 e. The first kappa shape index (κ1) is 18.1. The van der Waals surface area contributed by atoms with Crippen LogP contribution in [0.15, 0.2) is 47.4 Å². The largest absolute Gasteiger partial charge is 0.324 e. The lowest BCUT2D eigenvalue weighted by atomic mass is 10.1. The number of amides is 1. The van der Waals surface area contributed by atoms with Gasteiger partial charge in [0, 0.05) is 5.69 Å². The summed E-state index contributed by atoms with van der Waals surface area (Å²) >= 11 is 0. The first-order valence-corrected chi connectivity index (χ1v) is 8.84. The number of carbonyl (C=O) groups is 1. The highest BCUT2D eigenvalue weighted by molar-refractivity contribution is 7.89. The zero-order chi connectivity index (χ0) is 17.9. The van der Waals surface area contributed by atoms with E-state index in [1.54, 1.807) is 6.07 Å². The van der Waals surface area contributed by atoms with Crippen LogP contribution in [0.4, 0.5) is 10.1 Å². The quantitative estimate of drug-likeness (QED) is 0.871. The van der Waals surface area contributed by atoms with Crippen molar-refractivity contribution in [3.63, 3.8) is 0 Å². The van der Waals surface area contributed by atoms with Crippen LogP contribution in [0, 0.1) is 19.7 Å². The first-order valence-electron chi connectivity index (χ1n) is 7.35.